The lowest BCUT2D eigenvalue weighted by Crippen LogP contribution is -2.38. The van der Waals surface area contributed by atoms with Gasteiger partial charge in [-0.1, -0.05) is 123 Å². The van der Waals surface area contributed by atoms with Crippen LogP contribution >= 0.6 is 0 Å². The molecule has 4 aliphatic heterocycles. The molecule has 310 valence electrons. The normalized spacial score (nSPS) is 31.1. The molecule has 5 unspecified atom stereocenters. The molecule has 0 aromatic heterocycles. The molecule has 5 atom stereocenters. The summed E-state index contributed by atoms with van der Waals surface area (Å²) in [4.78, 5) is 0. The van der Waals surface area contributed by atoms with Crippen molar-refractivity contribution in [3.63, 3.8) is 0 Å². The van der Waals surface area contributed by atoms with Gasteiger partial charge in [0.2, 0.25) is 0 Å². The molecular formula is C48H98N4. The number of hydrogen-bond acceptors (Lipinski definition) is 4. The maximum absolute atomic E-state index is 3.58. The zero-order valence-electron chi connectivity index (χ0n) is 38.4. The molecule has 4 heteroatoms. The molecule has 3 aliphatic carbocycles. The first-order valence-corrected chi connectivity index (χ1v) is 22.8. The second-order valence-corrected chi connectivity index (χ2v) is 24.0. The third kappa shape index (κ3) is 20.7. The van der Waals surface area contributed by atoms with E-state index < -0.39 is 0 Å². The van der Waals surface area contributed by atoms with Gasteiger partial charge in [-0.25, -0.2) is 0 Å². The average molecular weight is 731 g/mol. The van der Waals surface area contributed by atoms with E-state index in [1.54, 1.807) is 0 Å². The van der Waals surface area contributed by atoms with E-state index in [0.29, 0.717) is 27.1 Å². The van der Waals surface area contributed by atoms with Gasteiger partial charge in [-0.2, -0.15) is 0 Å². The zero-order chi connectivity index (χ0) is 39.2. The minimum absolute atomic E-state index is 0.495. The van der Waals surface area contributed by atoms with Crippen LogP contribution in [0.5, 0.6) is 0 Å². The van der Waals surface area contributed by atoms with Crippen LogP contribution in [0.3, 0.4) is 0 Å². The first-order chi connectivity index (χ1) is 23.9. The molecule has 3 saturated carbocycles. The zero-order valence-corrected chi connectivity index (χ0v) is 38.4. The molecular weight excluding hydrogens is 633 g/mol. The minimum Gasteiger partial charge on any atom is -0.316 e. The van der Waals surface area contributed by atoms with E-state index in [1.165, 1.54) is 136 Å². The average Bonchev–Trinajstić information content (AvgIpc) is 3.77. The van der Waals surface area contributed by atoms with Crippen LogP contribution in [0.4, 0.5) is 0 Å². The second kappa shape index (κ2) is 22.0. The number of fused-ring (bicyclic) bond motifs is 3. The van der Waals surface area contributed by atoms with E-state index in [-0.39, 0.29) is 0 Å². The molecule has 7 fully saturated rings. The lowest BCUT2D eigenvalue weighted by molar-refractivity contribution is 0.0250. The van der Waals surface area contributed by atoms with Gasteiger partial charge in [-0.15, -0.1) is 0 Å². The van der Waals surface area contributed by atoms with Crippen molar-refractivity contribution in [3.8, 4) is 0 Å². The van der Waals surface area contributed by atoms with Crippen LogP contribution in [0.25, 0.3) is 0 Å². The van der Waals surface area contributed by atoms with Crippen molar-refractivity contribution >= 4 is 0 Å². The lowest BCUT2D eigenvalue weighted by atomic mass is 9.57. The number of hydrogen-bond donors (Lipinski definition) is 4. The Labute approximate surface area is 328 Å². The van der Waals surface area contributed by atoms with E-state index in [0.717, 1.165) is 41.5 Å². The second-order valence-electron chi connectivity index (χ2n) is 24.0. The smallest absolute Gasteiger partial charge is 0.00720 e. The fraction of sp³-hybridized carbons (Fsp3) is 1.00. The Morgan fingerprint density at radius 2 is 0.981 bits per heavy atom. The molecule has 0 radical (unpaired) electrons. The van der Waals surface area contributed by atoms with Crippen LogP contribution in [0, 0.1) is 62.6 Å². The molecule has 4 saturated heterocycles. The van der Waals surface area contributed by atoms with Crippen molar-refractivity contribution in [1.29, 1.82) is 0 Å². The summed E-state index contributed by atoms with van der Waals surface area (Å²) in [5, 5.41) is 13.8. The monoisotopic (exact) mass is 731 g/mol. The summed E-state index contributed by atoms with van der Waals surface area (Å²) in [5.74, 6) is 5.94. The molecule has 4 nitrogen and oxygen atoms in total. The molecule has 52 heavy (non-hydrogen) atoms. The largest absolute Gasteiger partial charge is 0.316 e. The molecule has 0 aromatic rings. The third-order valence-electron chi connectivity index (χ3n) is 13.3. The molecule has 0 spiro atoms. The highest BCUT2D eigenvalue weighted by molar-refractivity contribution is 4.91. The van der Waals surface area contributed by atoms with Crippen molar-refractivity contribution in [1.82, 2.24) is 21.3 Å². The molecule has 4 N–H and O–H groups in total. The summed E-state index contributed by atoms with van der Waals surface area (Å²) in [7, 11) is 0. The summed E-state index contributed by atoms with van der Waals surface area (Å²) in [6.07, 6.45) is 20.1. The number of nitrogens with one attached hydrogen (secondary N) is 4. The van der Waals surface area contributed by atoms with Crippen LogP contribution in [0.1, 0.15) is 194 Å². The Kier molecular flexibility index (Phi) is 20.3. The van der Waals surface area contributed by atoms with Crippen molar-refractivity contribution < 1.29 is 0 Å². The van der Waals surface area contributed by atoms with Gasteiger partial charge in [0.15, 0.2) is 0 Å². The summed E-state index contributed by atoms with van der Waals surface area (Å²) in [5.41, 5.74) is 2.62. The summed E-state index contributed by atoms with van der Waals surface area (Å²) in [6, 6.07) is 0.795. The summed E-state index contributed by atoms with van der Waals surface area (Å²) >= 11 is 0. The topological polar surface area (TPSA) is 48.1 Å². The molecule has 7 aliphatic rings. The Hall–Kier alpha value is -0.160. The number of rotatable bonds is 2. The van der Waals surface area contributed by atoms with E-state index in [1.807, 2.05) is 0 Å². The van der Waals surface area contributed by atoms with E-state index >= 15 is 0 Å². The molecule has 7 rings (SSSR count). The Bertz CT molecular complexity index is 890. The van der Waals surface area contributed by atoms with Gasteiger partial charge in [0.05, 0.1) is 0 Å². The van der Waals surface area contributed by atoms with E-state index in [2.05, 4.69) is 125 Å². The number of piperidine rings is 2. The Morgan fingerprint density at radius 3 is 1.31 bits per heavy atom. The third-order valence-corrected chi connectivity index (χ3v) is 13.3. The van der Waals surface area contributed by atoms with Gasteiger partial charge in [0.25, 0.3) is 0 Å². The van der Waals surface area contributed by atoms with Gasteiger partial charge in [0.1, 0.15) is 0 Å². The van der Waals surface area contributed by atoms with Gasteiger partial charge < -0.3 is 21.3 Å². The maximum Gasteiger partial charge on any atom is 0.00720 e. The van der Waals surface area contributed by atoms with Gasteiger partial charge in [-0.3, -0.25) is 0 Å². The quantitative estimate of drug-likeness (QED) is 0.228. The van der Waals surface area contributed by atoms with E-state index in [9.17, 15) is 0 Å². The lowest BCUT2D eigenvalue weighted by Gasteiger charge is -2.48. The fourth-order valence-corrected chi connectivity index (χ4v) is 10.0. The van der Waals surface area contributed by atoms with Gasteiger partial charge in [-0.05, 0) is 179 Å². The van der Waals surface area contributed by atoms with Crippen molar-refractivity contribution in [3.05, 3.63) is 0 Å². The van der Waals surface area contributed by atoms with Crippen LogP contribution in [0.15, 0.2) is 0 Å². The minimum atomic E-state index is 0.495. The SMILES string of the molecule is CC(C)(C)C1CC2CCC1CC2.CC(C)(C)C1CCCNC1.CC(C)(C)C1CCNC1.CC(C)(C)CC1CCCCN1.CC(C)(C)CC1CCNC1. The maximum atomic E-state index is 3.58. The van der Waals surface area contributed by atoms with Crippen LogP contribution in [0.2, 0.25) is 0 Å². The molecule has 4 heterocycles. The van der Waals surface area contributed by atoms with Crippen LogP contribution in [-0.2, 0) is 0 Å². The predicted octanol–water partition coefficient (Wildman–Crippen LogP) is 12.1. The van der Waals surface area contributed by atoms with Gasteiger partial charge in [0, 0.05) is 6.04 Å². The standard InChI is InChI=1S/C12H22.C10H21N.2C9H19N.C8H17N/c1-12(2,3)11-8-9-4-6-10(11)7-5-9;1-10(2,3)8-9-6-4-5-7-11-9;1-9(2,3)6-8-4-5-10-7-8;1-9(2,3)8-5-4-6-10-7-8;1-8(2,3)7-4-5-9-6-7/h9-11H,4-8H2,1-3H3;9,11H,4-8H2,1-3H3;2*8,10H,4-7H2,1-3H3;7,9H,4-6H2,1-3H3. The summed E-state index contributed by atoms with van der Waals surface area (Å²) < 4.78 is 0. The fourth-order valence-electron chi connectivity index (χ4n) is 10.0. The first kappa shape index (κ1) is 48.0. The molecule has 0 amide bonds. The highest BCUT2D eigenvalue weighted by atomic mass is 14.9. The van der Waals surface area contributed by atoms with Crippen molar-refractivity contribution in [2.45, 2.75) is 200 Å². The molecule has 2 bridgehead atoms. The summed E-state index contributed by atoms with van der Waals surface area (Å²) in [6.45, 7) is 43.8. The van der Waals surface area contributed by atoms with Crippen LogP contribution < -0.4 is 21.3 Å². The van der Waals surface area contributed by atoms with E-state index in [4.69, 9.17) is 0 Å². The van der Waals surface area contributed by atoms with Gasteiger partial charge >= 0.3 is 0 Å². The van der Waals surface area contributed by atoms with Crippen LogP contribution in [-0.4, -0.2) is 51.9 Å². The molecule has 0 aromatic carbocycles. The van der Waals surface area contributed by atoms with Crippen molar-refractivity contribution in [2.24, 2.45) is 62.6 Å². The predicted molar refractivity (Wildman–Crippen MR) is 233 cm³/mol. The van der Waals surface area contributed by atoms with Crippen molar-refractivity contribution in [2.75, 3.05) is 45.8 Å². The Balaban J connectivity index is 0.000000226. The highest BCUT2D eigenvalue weighted by Crippen LogP contribution is 2.51. The highest BCUT2D eigenvalue weighted by Gasteiger charge is 2.41. The Morgan fingerprint density at radius 1 is 0.442 bits per heavy atom. The first-order valence-electron chi connectivity index (χ1n) is 22.8.